The van der Waals surface area contributed by atoms with Crippen LogP contribution >= 0.6 is 0 Å². The number of anilines is 2. The minimum absolute atomic E-state index is 0.701. The molecule has 0 aliphatic rings. The third-order valence-electron chi connectivity index (χ3n) is 2.63. The summed E-state index contributed by atoms with van der Waals surface area (Å²) in [6.07, 6.45) is 7.04. The molecule has 1 aromatic carbocycles. The second kappa shape index (κ2) is 6.40. The molecule has 19 heavy (non-hydrogen) atoms. The van der Waals surface area contributed by atoms with Crippen molar-refractivity contribution in [1.29, 1.82) is 0 Å². The number of hydrogen-bond donors (Lipinski definition) is 0. The molecule has 96 valence electrons. The first-order chi connectivity index (χ1) is 9.36. The quantitative estimate of drug-likeness (QED) is 0.596. The Balaban J connectivity index is 2.51. The molecule has 0 unspecified atom stereocenters. The lowest BCUT2D eigenvalue weighted by Gasteiger charge is -2.26. The van der Waals surface area contributed by atoms with E-state index in [0.29, 0.717) is 5.88 Å². The second-order valence-electron chi connectivity index (χ2n) is 3.82. The van der Waals surface area contributed by atoms with Crippen molar-refractivity contribution in [2.24, 2.45) is 0 Å². The van der Waals surface area contributed by atoms with Gasteiger partial charge in [0.15, 0.2) is 5.88 Å². The van der Waals surface area contributed by atoms with Crippen molar-refractivity contribution >= 4 is 11.4 Å². The number of ether oxygens (including phenoxy) is 1. The smallest absolute Gasteiger partial charge is 0.198 e. The van der Waals surface area contributed by atoms with Crippen LogP contribution in [-0.4, -0.2) is 12.1 Å². The molecule has 0 bridgehead atoms. The Morgan fingerprint density at radius 2 is 1.74 bits per heavy atom. The number of aromatic nitrogens is 1. The summed E-state index contributed by atoms with van der Waals surface area (Å²) >= 11 is 0. The Labute approximate surface area is 113 Å². The van der Waals surface area contributed by atoms with E-state index in [1.54, 1.807) is 25.6 Å². The Morgan fingerprint density at radius 1 is 1.11 bits per heavy atom. The van der Waals surface area contributed by atoms with Crippen molar-refractivity contribution in [3.8, 4) is 0 Å². The van der Waals surface area contributed by atoms with Gasteiger partial charge in [-0.2, -0.15) is 0 Å². The summed E-state index contributed by atoms with van der Waals surface area (Å²) in [5.41, 5.74) is 2.00. The first-order valence-corrected chi connectivity index (χ1v) is 5.98. The van der Waals surface area contributed by atoms with Crippen LogP contribution in [0.15, 0.2) is 79.5 Å². The van der Waals surface area contributed by atoms with Gasteiger partial charge in [0.05, 0.1) is 12.8 Å². The SMILES string of the molecule is C=C/C=C(\OC)N(c1ccccc1)c1ccncc1. The van der Waals surface area contributed by atoms with Crippen LogP contribution in [0.2, 0.25) is 0 Å². The largest absolute Gasteiger partial charge is 0.482 e. The number of allylic oxidation sites excluding steroid dienone is 2. The van der Waals surface area contributed by atoms with E-state index >= 15 is 0 Å². The van der Waals surface area contributed by atoms with Crippen LogP contribution in [0.5, 0.6) is 0 Å². The Bertz CT molecular complexity index is 510. The average molecular weight is 252 g/mol. The van der Waals surface area contributed by atoms with Gasteiger partial charge in [-0.3, -0.25) is 9.88 Å². The summed E-state index contributed by atoms with van der Waals surface area (Å²) in [5, 5.41) is 0. The van der Waals surface area contributed by atoms with Crippen LogP contribution in [0.4, 0.5) is 11.4 Å². The standard InChI is InChI=1S/C16H16N2O/c1-3-7-16(19-2)18(14-8-5-4-6-9-14)15-10-12-17-13-11-15/h3-13H,1H2,2H3/b16-7-. The van der Waals surface area contributed by atoms with Gasteiger partial charge in [0, 0.05) is 18.1 Å². The summed E-state index contributed by atoms with van der Waals surface area (Å²) in [4.78, 5) is 6.05. The average Bonchev–Trinajstić information content (AvgIpc) is 2.49. The van der Waals surface area contributed by atoms with Crippen molar-refractivity contribution in [1.82, 2.24) is 4.98 Å². The zero-order chi connectivity index (χ0) is 13.5. The molecule has 1 aromatic heterocycles. The molecule has 0 aliphatic carbocycles. The van der Waals surface area contributed by atoms with Crippen LogP contribution in [0.1, 0.15) is 0 Å². The highest BCUT2D eigenvalue weighted by Crippen LogP contribution is 2.29. The number of methoxy groups -OCH3 is 1. The molecule has 0 amide bonds. The molecular weight excluding hydrogens is 236 g/mol. The normalized spacial score (nSPS) is 10.9. The summed E-state index contributed by atoms with van der Waals surface area (Å²) in [6.45, 7) is 3.72. The number of benzene rings is 1. The molecular formula is C16H16N2O. The minimum Gasteiger partial charge on any atom is -0.482 e. The maximum Gasteiger partial charge on any atom is 0.198 e. The highest BCUT2D eigenvalue weighted by Gasteiger charge is 2.14. The molecule has 3 nitrogen and oxygen atoms in total. The summed E-state index contributed by atoms with van der Waals surface area (Å²) in [6, 6.07) is 13.9. The molecule has 0 radical (unpaired) electrons. The zero-order valence-electron chi connectivity index (χ0n) is 10.9. The second-order valence-corrected chi connectivity index (χ2v) is 3.82. The fourth-order valence-corrected chi connectivity index (χ4v) is 1.81. The van der Waals surface area contributed by atoms with Gasteiger partial charge < -0.3 is 4.74 Å². The number of nitrogens with zero attached hydrogens (tertiary/aromatic N) is 2. The van der Waals surface area contributed by atoms with E-state index in [1.807, 2.05) is 53.4 Å². The molecule has 0 N–H and O–H groups in total. The third-order valence-corrected chi connectivity index (χ3v) is 2.63. The predicted octanol–water partition coefficient (Wildman–Crippen LogP) is 3.89. The fraction of sp³-hybridized carbons (Fsp3) is 0.0625. The van der Waals surface area contributed by atoms with E-state index in [1.165, 1.54) is 0 Å². The van der Waals surface area contributed by atoms with E-state index in [9.17, 15) is 0 Å². The fourth-order valence-electron chi connectivity index (χ4n) is 1.81. The summed E-state index contributed by atoms with van der Waals surface area (Å²) < 4.78 is 5.46. The lowest BCUT2D eigenvalue weighted by Crippen LogP contribution is -2.17. The van der Waals surface area contributed by atoms with Gasteiger partial charge in [-0.25, -0.2) is 0 Å². The topological polar surface area (TPSA) is 25.4 Å². The van der Waals surface area contributed by atoms with Crippen molar-refractivity contribution in [3.05, 3.63) is 79.5 Å². The predicted molar refractivity (Wildman–Crippen MR) is 78.1 cm³/mol. The van der Waals surface area contributed by atoms with Crippen LogP contribution in [-0.2, 0) is 4.74 Å². The minimum atomic E-state index is 0.701. The number of hydrogen-bond acceptors (Lipinski definition) is 3. The van der Waals surface area contributed by atoms with Gasteiger partial charge in [-0.15, -0.1) is 0 Å². The van der Waals surface area contributed by atoms with Gasteiger partial charge >= 0.3 is 0 Å². The molecule has 2 rings (SSSR count). The van der Waals surface area contributed by atoms with E-state index in [-0.39, 0.29) is 0 Å². The van der Waals surface area contributed by atoms with Crippen molar-refractivity contribution in [2.75, 3.05) is 12.0 Å². The lowest BCUT2D eigenvalue weighted by atomic mass is 10.2. The van der Waals surface area contributed by atoms with Gasteiger partial charge in [0.2, 0.25) is 0 Å². The van der Waals surface area contributed by atoms with Crippen LogP contribution in [0.25, 0.3) is 0 Å². The number of pyridine rings is 1. The van der Waals surface area contributed by atoms with E-state index in [0.717, 1.165) is 11.4 Å². The molecule has 0 atom stereocenters. The highest BCUT2D eigenvalue weighted by atomic mass is 16.5. The van der Waals surface area contributed by atoms with Gasteiger partial charge in [0.1, 0.15) is 0 Å². The van der Waals surface area contributed by atoms with E-state index in [2.05, 4.69) is 11.6 Å². The zero-order valence-corrected chi connectivity index (χ0v) is 10.9. The third kappa shape index (κ3) is 3.01. The van der Waals surface area contributed by atoms with Gasteiger partial charge in [-0.1, -0.05) is 30.9 Å². The Kier molecular flexibility index (Phi) is 4.34. The van der Waals surface area contributed by atoms with Crippen LogP contribution in [0.3, 0.4) is 0 Å². The molecule has 0 aliphatic heterocycles. The van der Waals surface area contributed by atoms with E-state index < -0.39 is 0 Å². The Hall–Kier alpha value is -2.55. The maximum absolute atomic E-state index is 5.46. The molecule has 3 heteroatoms. The molecule has 0 saturated heterocycles. The number of para-hydroxylation sites is 1. The molecule has 2 aromatic rings. The maximum atomic E-state index is 5.46. The van der Waals surface area contributed by atoms with Crippen molar-refractivity contribution in [2.45, 2.75) is 0 Å². The molecule has 0 saturated carbocycles. The van der Waals surface area contributed by atoms with Gasteiger partial charge in [0.25, 0.3) is 0 Å². The van der Waals surface area contributed by atoms with Crippen molar-refractivity contribution in [3.63, 3.8) is 0 Å². The first-order valence-electron chi connectivity index (χ1n) is 5.98. The van der Waals surface area contributed by atoms with Crippen molar-refractivity contribution < 1.29 is 4.74 Å². The first kappa shape index (κ1) is 12.9. The molecule has 0 fully saturated rings. The van der Waals surface area contributed by atoms with Gasteiger partial charge in [-0.05, 0) is 30.3 Å². The summed E-state index contributed by atoms with van der Waals surface area (Å²) in [7, 11) is 1.65. The monoisotopic (exact) mass is 252 g/mol. The lowest BCUT2D eigenvalue weighted by molar-refractivity contribution is 0.286. The Morgan fingerprint density at radius 3 is 2.32 bits per heavy atom. The number of rotatable bonds is 5. The van der Waals surface area contributed by atoms with Crippen LogP contribution in [0, 0.1) is 0 Å². The summed E-state index contributed by atoms with van der Waals surface area (Å²) in [5.74, 6) is 0.701. The van der Waals surface area contributed by atoms with E-state index in [4.69, 9.17) is 4.74 Å². The molecule has 0 spiro atoms. The molecule has 1 heterocycles. The van der Waals surface area contributed by atoms with Crippen LogP contribution < -0.4 is 4.90 Å². The highest BCUT2D eigenvalue weighted by molar-refractivity contribution is 5.67.